The molecule has 1 fully saturated rings. The summed E-state index contributed by atoms with van der Waals surface area (Å²) in [6.45, 7) is 1.79. The molecule has 1 rings (SSSR count). The van der Waals surface area contributed by atoms with Crippen LogP contribution in [0.2, 0.25) is 0 Å². The van der Waals surface area contributed by atoms with Crippen molar-refractivity contribution >= 4 is 12.4 Å². The molecule has 15 heavy (non-hydrogen) atoms. The number of nitrogens with zero attached hydrogens (tertiary/aromatic N) is 2. The number of halogens is 1. The van der Waals surface area contributed by atoms with Crippen LogP contribution in [0.1, 0.15) is 25.7 Å². The van der Waals surface area contributed by atoms with Crippen molar-refractivity contribution in [2.24, 2.45) is 5.73 Å². The Hall–Kier alpha value is 0.170. The standard InChI is InChI=1S/C11H25N3.ClH/c1-13(2)10-6-4-5-7-11(10)14(3)9-8-12;/h10-11H,4-9,12H2,1-3H3;1H. The first-order valence-corrected chi connectivity index (χ1v) is 5.73. The summed E-state index contributed by atoms with van der Waals surface area (Å²) in [6.07, 6.45) is 5.44. The van der Waals surface area contributed by atoms with Gasteiger partial charge in [0.15, 0.2) is 0 Å². The molecular formula is C11H26ClN3. The van der Waals surface area contributed by atoms with E-state index in [1.54, 1.807) is 0 Å². The van der Waals surface area contributed by atoms with E-state index in [0.717, 1.165) is 19.1 Å². The molecule has 0 spiro atoms. The molecule has 0 aliphatic heterocycles. The smallest absolute Gasteiger partial charge is 0.0248 e. The Morgan fingerprint density at radius 1 is 1.07 bits per heavy atom. The van der Waals surface area contributed by atoms with E-state index in [2.05, 4.69) is 30.9 Å². The molecule has 4 heteroatoms. The molecule has 0 saturated heterocycles. The lowest BCUT2D eigenvalue weighted by atomic mass is 9.88. The summed E-state index contributed by atoms with van der Waals surface area (Å²) in [7, 11) is 6.60. The van der Waals surface area contributed by atoms with Crippen LogP contribution in [0.15, 0.2) is 0 Å². The number of hydrogen-bond donors (Lipinski definition) is 1. The van der Waals surface area contributed by atoms with Crippen molar-refractivity contribution in [2.75, 3.05) is 34.2 Å². The van der Waals surface area contributed by atoms with E-state index >= 15 is 0 Å². The van der Waals surface area contributed by atoms with Crippen LogP contribution in [0.4, 0.5) is 0 Å². The molecule has 2 unspecified atom stereocenters. The molecule has 2 atom stereocenters. The highest BCUT2D eigenvalue weighted by Crippen LogP contribution is 2.24. The van der Waals surface area contributed by atoms with E-state index in [9.17, 15) is 0 Å². The molecule has 0 aromatic rings. The third kappa shape index (κ3) is 4.27. The van der Waals surface area contributed by atoms with Gasteiger partial charge in [0, 0.05) is 25.2 Å². The zero-order chi connectivity index (χ0) is 10.6. The van der Waals surface area contributed by atoms with Crippen molar-refractivity contribution in [1.29, 1.82) is 0 Å². The summed E-state index contributed by atoms with van der Waals surface area (Å²) in [5.74, 6) is 0. The number of nitrogens with two attached hydrogens (primary N) is 1. The van der Waals surface area contributed by atoms with Gasteiger partial charge < -0.3 is 15.5 Å². The maximum Gasteiger partial charge on any atom is 0.0248 e. The highest BCUT2D eigenvalue weighted by atomic mass is 35.5. The van der Waals surface area contributed by atoms with E-state index in [4.69, 9.17) is 5.73 Å². The van der Waals surface area contributed by atoms with Gasteiger partial charge in [-0.2, -0.15) is 0 Å². The third-order valence-electron chi connectivity index (χ3n) is 3.41. The quantitative estimate of drug-likeness (QED) is 0.794. The summed E-state index contributed by atoms with van der Waals surface area (Å²) in [4.78, 5) is 4.81. The van der Waals surface area contributed by atoms with Gasteiger partial charge in [0.1, 0.15) is 0 Å². The van der Waals surface area contributed by atoms with Crippen molar-refractivity contribution in [3.8, 4) is 0 Å². The average molecular weight is 236 g/mol. The third-order valence-corrected chi connectivity index (χ3v) is 3.41. The predicted octanol–water partition coefficient (Wildman–Crippen LogP) is 1.17. The Balaban J connectivity index is 0.00000196. The normalized spacial score (nSPS) is 26.8. The van der Waals surface area contributed by atoms with Gasteiger partial charge in [-0.1, -0.05) is 12.8 Å². The molecule has 3 nitrogen and oxygen atoms in total. The molecule has 0 aromatic carbocycles. The van der Waals surface area contributed by atoms with Crippen LogP contribution < -0.4 is 5.73 Å². The van der Waals surface area contributed by atoms with Crippen LogP contribution in [0.25, 0.3) is 0 Å². The van der Waals surface area contributed by atoms with Crippen molar-refractivity contribution in [3.63, 3.8) is 0 Å². The van der Waals surface area contributed by atoms with Crippen molar-refractivity contribution < 1.29 is 0 Å². The van der Waals surface area contributed by atoms with E-state index in [1.807, 2.05) is 0 Å². The Kier molecular flexibility index (Phi) is 7.53. The molecule has 1 aliphatic rings. The zero-order valence-electron chi connectivity index (χ0n) is 10.3. The highest BCUT2D eigenvalue weighted by molar-refractivity contribution is 5.85. The van der Waals surface area contributed by atoms with Crippen molar-refractivity contribution in [2.45, 2.75) is 37.8 Å². The summed E-state index contributed by atoms with van der Waals surface area (Å²) in [6, 6.07) is 1.43. The van der Waals surface area contributed by atoms with Gasteiger partial charge in [-0.3, -0.25) is 0 Å². The second-order valence-corrected chi connectivity index (χ2v) is 4.65. The zero-order valence-corrected chi connectivity index (χ0v) is 11.1. The summed E-state index contributed by atoms with van der Waals surface area (Å²) < 4.78 is 0. The molecule has 0 aromatic heterocycles. The topological polar surface area (TPSA) is 32.5 Å². The number of likely N-dealkylation sites (N-methyl/N-ethyl adjacent to an activating group) is 2. The van der Waals surface area contributed by atoms with Crippen molar-refractivity contribution in [1.82, 2.24) is 9.80 Å². The summed E-state index contributed by atoms with van der Waals surface area (Å²) in [5.41, 5.74) is 5.60. The monoisotopic (exact) mass is 235 g/mol. The molecule has 1 saturated carbocycles. The van der Waals surface area contributed by atoms with Crippen LogP contribution in [-0.4, -0.2) is 56.1 Å². The lowest BCUT2D eigenvalue weighted by Gasteiger charge is -2.41. The van der Waals surface area contributed by atoms with E-state index in [0.29, 0.717) is 6.04 Å². The minimum absolute atomic E-state index is 0. The van der Waals surface area contributed by atoms with E-state index in [1.165, 1.54) is 25.7 Å². The van der Waals surface area contributed by atoms with E-state index < -0.39 is 0 Å². The molecule has 0 amide bonds. The van der Waals surface area contributed by atoms with Gasteiger partial charge in [-0.05, 0) is 34.0 Å². The minimum atomic E-state index is 0. The van der Waals surface area contributed by atoms with Crippen molar-refractivity contribution in [3.05, 3.63) is 0 Å². The van der Waals surface area contributed by atoms with Crippen LogP contribution in [0.5, 0.6) is 0 Å². The average Bonchev–Trinajstić information content (AvgIpc) is 2.18. The second-order valence-electron chi connectivity index (χ2n) is 4.65. The SMILES string of the molecule is CN(C)C1CCCCC1N(C)CCN.Cl. The minimum Gasteiger partial charge on any atom is -0.329 e. The number of rotatable bonds is 4. The van der Waals surface area contributed by atoms with Crippen LogP contribution in [0, 0.1) is 0 Å². The molecule has 0 radical (unpaired) electrons. The van der Waals surface area contributed by atoms with Gasteiger partial charge in [0.2, 0.25) is 0 Å². The van der Waals surface area contributed by atoms with Gasteiger partial charge in [0.25, 0.3) is 0 Å². The second kappa shape index (κ2) is 7.44. The van der Waals surface area contributed by atoms with Gasteiger partial charge in [0.05, 0.1) is 0 Å². The van der Waals surface area contributed by atoms with E-state index in [-0.39, 0.29) is 12.4 Å². The van der Waals surface area contributed by atoms with Crippen LogP contribution in [-0.2, 0) is 0 Å². The molecule has 2 N–H and O–H groups in total. The van der Waals surface area contributed by atoms with Crippen LogP contribution in [0.3, 0.4) is 0 Å². The molecular weight excluding hydrogens is 210 g/mol. The fourth-order valence-electron chi connectivity index (χ4n) is 2.58. The lowest BCUT2D eigenvalue weighted by Crippen LogP contribution is -2.50. The lowest BCUT2D eigenvalue weighted by molar-refractivity contribution is 0.0945. The maximum atomic E-state index is 5.60. The first-order valence-electron chi connectivity index (χ1n) is 5.73. The highest BCUT2D eigenvalue weighted by Gasteiger charge is 2.28. The number of hydrogen-bond acceptors (Lipinski definition) is 3. The molecule has 92 valence electrons. The Bertz CT molecular complexity index is 164. The fraction of sp³-hybridized carbons (Fsp3) is 1.00. The summed E-state index contributed by atoms with van der Waals surface area (Å²) >= 11 is 0. The Labute approximate surface area is 100 Å². The first kappa shape index (κ1) is 15.2. The largest absolute Gasteiger partial charge is 0.329 e. The Morgan fingerprint density at radius 2 is 1.60 bits per heavy atom. The summed E-state index contributed by atoms with van der Waals surface area (Å²) in [5, 5.41) is 0. The van der Waals surface area contributed by atoms with Gasteiger partial charge in [-0.25, -0.2) is 0 Å². The molecule has 0 heterocycles. The van der Waals surface area contributed by atoms with Gasteiger partial charge in [-0.15, -0.1) is 12.4 Å². The molecule has 0 bridgehead atoms. The predicted molar refractivity (Wildman–Crippen MR) is 68.7 cm³/mol. The first-order chi connectivity index (χ1) is 6.66. The Morgan fingerprint density at radius 3 is 2.07 bits per heavy atom. The van der Waals surface area contributed by atoms with Gasteiger partial charge >= 0.3 is 0 Å². The maximum absolute atomic E-state index is 5.60. The molecule has 1 aliphatic carbocycles. The van der Waals surface area contributed by atoms with Crippen LogP contribution >= 0.6 is 12.4 Å². The fourth-order valence-corrected chi connectivity index (χ4v) is 2.58.